The zero-order valence-electron chi connectivity index (χ0n) is 17.5. The van der Waals surface area contributed by atoms with Crippen LogP contribution in [0, 0.1) is 11.3 Å². The quantitative estimate of drug-likeness (QED) is 0.653. The standard InChI is InChI=1S/C25H24N6/c26-14-18-7-9-19(10-8-18)22-6-3-4-21(29-22)17-31-13-11-23-20(16-31)15-28-25(30-23)24-5-1-2-12-27-24/h3-4,6-10,15H,1-2,5,11-13,16-17H2. The summed E-state index contributed by atoms with van der Waals surface area (Å²) in [4.78, 5) is 21.3. The molecule has 3 aromatic rings. The van der Waals surface area contributed by atoms with Crippen molar-refractivity contribution in [3.63, 3.8) is 0 Å². The minimum atomic E-state index is 0.660. The van der Waals surface area contributed by atoms with Gasteiger partial charge in [0.15, 0.2) is 5.82 Å². The van der Waals surface area contributed by atoms with Crippen LogP contribution in [0.2, 0.25) is 0 Å². The van der Waals surface area contributed by atoms with Gasteiger partial charge < -0.3 is 0 Å². The smallest absolute Gasteiger partial charge is 0.173 e. The molecule has 6 nitrogen and oxygen atoms in total. The number of fused-ring (bicyclic) bond motifs is 1. The van der Waals surface area contributed by atoms with E-state index in [1.807, 2.05) is 42.6 Å². The van der Waals surface area contributed by atoms with E-state index in [2.05, 4.69) is 27.0 Å². The highest BCUT2D eigenvalue weighted by molar-refractivity contribution is 5.97. The molecule has 0 N–H and O–H groups in total. The number of pyridine rings is 1. The Balaban J connectivity index is 1.29. The summed E-state index contributed by atoms with van der Waals surface area (Å²) < 4.78 is 0. The van der Waals surface area contributed by atoms with Gasteiger partial charge in [-0.3, -0.25) is 14.9 Å². The molecule has 2 aliphatic heterocycles. The van der Waals surface area contributed by atoms with Crippen molar-refractivity contribution in [2.45, 2.75) is 38.8 Å². The Kier molecular flexibility index (Phi) is 5.51. The Labute approximate surface area is 182 Å². The lowest BCUT2D eigenvalue weighted by Gasteiger charge is -2.28. The van der Waals surface area contributed by atoms with Crippen LogP contribution in [-0.4, -0.2) is 38.7 Å². The molecule has 2 aromatic heterocycles. The van der Waals surface area contributed by atoms with Crippen molar-refractivity contribution in [3.8, 4) is 17.3 Å². The summed E-state index contributed by atoms with van der Waals surface area (Å²) in [5.74, 6) is 0.823. The number of rotatable bonds is 4. The molecule has 5 rings (SSSR count). The summed E-state index contributed by atoms with van der Waals surface area (Å²) in [7, 11) is 0. The summed E-state index contributed by atoms with van der Waals surface area (Å²) in [6.45, 7) is 3.49. The number of nitrogens with zero attached hydrogens (tertiary/aromatic N) is 6. The van der Waals surface area contributed by atoms with E-state index in [4.69, 9.17) is 15.2 Å². The molecule has 0 radical (unpaired) electrons. The van der Waals surface area contributed by atoms with Crippen molar-refractivity contribution in [1.82, 2.24) is 19.9 Å². The van der Waals surface area contributed by atoms with Crippen LogP contribution < -0.4 is 0 Å². The number of benzene rings is 1. The first-order chi connectivity index (χ1) is 15.3. The molecule has 0 spiro atoms. The maximum Gasteiger partial charge on any atom is 0.173 e. The van der Waals surface area contributed by atoms with Gasteiger partial charge >= 0.3 is 0 Å². The Hall–Kier alpha value is -3.43. The van der Waals surface area contributed by atoms with E-state index in [1.54, 1.807) is 0 Å². The fraction of sp³-hybridized carbons (Fsp3) is 0.320. The van der Waals surface area contributed by atoms with Gasteiger partial charge in [-0.25, -0.2) is 9.97 Å². The minimum absolute atomic E-state index is 0.660. The van der Waals surface area contributed by atoms with Crippen molar-refractivity contribution in [1.29, 1.82) is 5.26 Å². The van der Waals surface area contributed by atoms with Crippen LogP contribution in [0.1, 0.15) is 47.6 Å². The predicted molar refractivity (Wildman–Crippen MR) is 119 cm³/mol. The van der Waals surface area contributed by atoms with Crippen LogP contribution in [0.5, 0.6) is 0 Å². The van der Waals surface area contributed by atoms with E-state index in [-0.39, 0.29) is 0 Å². The molecular formula is C25H24N6. The van der Waals surface area contributed by atoms with Crippen LogP contribution in [0.15, 0.2) is 53.7 Å². The lowest BCUT2D eigenvalue weighted by molar-refractivity contribution is 0.240. The lowest BCUT2D eigenvalue weighted by atomic mass is 10.1. The van der Waals surface area contributed by atoms with Gasteiger partial charge in [0.1, 0.15) is 0 Å². The second-order valence-corrected chi connectivity index (χ2v) is 8.12. The summed E-state index contributed by atoms with van der Waals surface area (Å²) in [5.41, 5.74) is 7.09. The molecule has 0 aliphatic carbocycles. The second-order valence-electron chi connectivity index (χ2n) is 8.12. The molecule has 1 aromatic carbocycles. The van der Waals surface area contributed by atoms with Crippen LogP contribution in [-0.2, 0) is 19.5 Å². The van der Waals surface area contributed by atoms with E-state index >= 15 is 0 Å². The monoisotopic (exact) mass is 408 g/mol. The summed E-state index contributed by atoms with van der Waals surface area (Å²) >= 11 is 0. The number of nitriles is 1. The van der Waals surface area contributed by atoms with E-state index in [0.717, 1.165) is 73.2 Å². The number of hydrogen-bond donors (Lipinski definition) is 0. The van der Waals surface area contributed by atoms with Gasteiger partial charge in [-0.1, -0.05) is 18.2 Å². The first-order valence-corrected chi connectivity index (χ1v) is 10.9. The van der Waals surface area contributed by atoms with Crippen LogP contribution in [0.4, 0.5) is 0 Å². The van der Waals surface area contributed by atoms with Gasteiger partial charge in [0, 0.05) is 49.9 Å². The maximum absolute atomic E-state index is 8.99. The molecule has 154 valence electrons. The molecule has 6 heteroatoms. The number of hydrogen-bond acceptors (Lipinski definition) is 6. The molecule has 0 bridgehead atoms. The third-order valence-corrected chi connectivity index (χ3v) is 5.90. The maximum atomic E-state index is 8.99. The van der Waals surface area contributed by atoms with Crippen molar-refractivity contribution >= 4 is 5.71 Å². The van der Waals surface area contributed by atoms with Crippen LogP contribution >= 0.6 is 0 Å². The summed E-state index contributed by atoms with van der Waals surface area (Å²) in [5, 5.41) is 8.99. The van der Waals surface area contributed by atoms with Gasteiger partial charge in [-0.15, -0.1) is 0 Å². The Morgan fingerprint density at radius 1 is 1.00 bits per heavy atom. The molecule has 0 saturated carbocycles. The molecular weight excluding hydrogens is 384 g/mol. The topological polar surface area (TPSA) is 78.1 Å². The van der Waals surface area contributed by atoms with Crippen molar-refractivity contribution < 1.29 is 0 Å². The molecule has 4 heterocycles. The Morgan fingerprint density at radius 3 is 2.71 bits per heavy atom. The molecule has 0 saturated heterocycles. The highest BCUT2D eigenvalue weighted by Crippen LogP contribution is 2.22. The van der Waals surface area contributed by atoms with Gasteiger partial charge in [0.05, 0.1) is 34.4 Å². The largest absolute Gasteiger partial charge is 0.293 e. The number of aliphatic imine (C=N–C) groups is 1. The van der Waals surface area contributed by atoms with Gasteiger partial charge in [-0.2, -0.15) is 5.26 Å². The van der Waals surface area contributed by atoms with Crippen molar-refractivity contribution in [3.05, 3.63) is 77.0 Å². The van der Waals surface area contributed by atoms with Crippen molar-refractivity contribution in [2.75, 3.05) is 13.1 Å². The van der Waals surface area contributed by atoms with Crippen molar-refractivity contribution in [2.24, 2.45) is 4.99 Å². The highest BCUT2D eigenvalue weighted by Gasteiger charge is 2.20. The van der Waals surface area contributed by atoms with Gasteiger partial charge in [0.25, 0.3) is 0 Å². The normalized spacial score (nSPS) is 16.3. The van der Waals surface area contributed by atoms with Gasteiger partial charge in [0.2, 0.25) is 0 Å². The van der Waals surface area contributed by atoms with E-state index < -0.39 is 0 Å². The van der Waals surface area contributed by atoms with E-state index in [0.29, 0.717) is 5.56 Å². The third kappa shape index (κ3) is 4.37. The molecule has 0 fully saturated rings. The third-order valence-electron chi connectivity index (χ3n) is 5.90. The average molecular weight is 409 g/mol. The second kappa shape index (κ2) is 8.75. The minimum Gasteiger partial charge on any atom is -0.293 e. The fourth-order valence-corrected chi connectivity index (χ4v) is 4.20. The van der Waals surface area contributed by atoms with Gasteiger partial charge in [-0.05, 0) is 43.5 Å². The average Bonchev–Trinajstić information content (AvgIpc) is 2.84. The first-order valence-electron chi connectivity index (χ1n) is 10.9. The lowest BCUT2D eigenvalue weighted by Crippen LogP contribution is -2.31. The number of aromatic nitrogens is 3. The Bertz CT molecular complexity index is 1160. The first kappa shape index (κ1) is 19.5. The zero-order chi connectivity index (χ0) is 21.0. The Morgan fingerprint density at radius 2 is 1.90 bits per heavy atom. The predicted octanol–water partition coefficient (Wildman–Crippen LogP) is 3.94. The SMILES string of the molecule is N#Cc1ccc(-c2cccc(CN3CCc4nc(C5=NCCCC5)ncc4C3)n2)cc1. The van der Waals surface area contributed by atoms with E-state index in [1.165, 1.54) is 18.4 Å². The summed E-state index contributed by atoms with van der Waals surface area (Å²) in [6, 6.07) is 15.9. The zero-order valence-corrected chi connectivity index (χ0v) is 17.5. The van der Waals surface area contributed by atoms with E-state index in [9.17, 15) is 0 Å². The fourth-order valence-electron chi connectivity index (χ4n) is 4.20. The molecule has 31 heavy (non-hydrogen) atoms. The molecule has 0 unspecified atom stereocenters. The molecule has 0 atom stereocenters. The van der Waals surface area contributed by atoms with Crippen LogP contribution in [0.3, 0.4) is 0 Å². The van der Waals surface area contributed by atoms with Crippen LogP contribution in [0.25, 0.3) is 11.3 Å². The highest BCUT2D eigenvalue weighted by atomic mass is 15.1. The molecule has 2 aliphatic rings. The summed E-state index contributed by atoms with van der Waals surface area (Å²) in [6.07, 6.45) is 6.26. The molecule has 0 amide bonds.